The molecule has 2 atom stereocenters. The van der Waals surface area contributed by atoms with Crippen molar-refractivity contribution in [1.29, 1.82) is 0 Å². The molecule has 1 N–H and O–H groups in total. The molecular weight excluding hydrogens is 284 g/mol. The third-order valence-electron chi connectivity index (χ3n) is 3.35. The molecule has 0 aromatic carbocycles. The van der Waals surface area contributed by atoms with E-state index in [0.717, 1.165) is 28.1 Å². The van der Waals surface area contributed by atoms with Crippen molar-refractivity contribution in [3.63, 3.8) is 0 Å². The Morgan fingerprint density at radius 1 is 1.56 bits per heavy atom. The fourth-order valence-corrected chi connectivity index (χ4v) is 3.71. The Hall–Kier alpha value is -0.0900. The second kappa shape index (κ2) is 6.01. The van der Waals surface area contributed by atoms with Crippen LogP contribution in [0, 0.1) is 11.8 Å². The van der Waals surface area contributed by atoms with E-state index in [1.54, 1.807) is 11.3 Å². The number of anilines is 1. The molecule has 0 saturated heterocycles. The fraction of sp³-hybridized carbons (Fsp3) is 0.750. The van der Waals surface area contributed by atoms with E-state index in [2.05, 4.69) is 33.2 Å². The number of hydrogen-bond donors (Lipinski definition) is 1. The molecule has 0 spiro atoms. The average Bonchev–Trinajstić information content (AvgIpc) is 2.64. The molecule has 1 saturated carbocycles. The van der Waals surface area contributed by atoms with Gasteiger partial charge in [-0.3, -0.25) is 0 Å². The quantitative estimate of drug-likeness (QED) is 0.883. The van der Waals surface area contributed by atoms with Gasteiger partial charge in [-0.05, 0) is 40.6 Å². The van der Waals surface area contributed by atoms with E-state index in [9.17, 15) is 0 Å². The molecule has 2 rings (SSSR count). The summed E-state index contributed by atoms with van der Waals surface area (Å²) in [4.78, 5) is 4.33. The first kappa shape index (κ1) is 12.4. The van der Waals surface area contributed by atoms with Gasteiger partial charge in [0, 0.05) is 11.9 Å². The largest absolute Gasteiger partial charge is 0.361 e. The summed E-state index contributed by atoms with van der Waals surface area (Å²) >= 11 is 5.04. The van der Waals surface area contributed by atoms with Crippen LogP contribution < -0.4 is 5.32 Å². The maximum Gasteiger partial charge on any atom is 0.183 e. The van der Waals surface area contributed by atoms with Crippen LogP contribution in [0.5, 0.6) is 0 Å². The molecule has 0 amide bonds. The molecule has 1 fully saturated rings. The summed E-state index contributed by atoms with van der Waals surface area (Å²) in [6, 6.07) is 0. The van der Waals surface area contributed by atoms with Gasteiger partial charge in [-0.2, -0.15) is 0 Å². The molecule has 16 heavy (non-hydrogen) atoms. The molecule has 0 aliphatic heterocycles. The van der Waals surface area contributed by atoms with Crippen molar-refractivity contribution >= 4 is 32.4 Å². The first-order valence-electron chi connectivity index (χ1n) is 6.09. The highest BCUT2D eigenvalue weighted by Crippen LogP contribution is 2.30. The Morgan fingerprint density at radius 2 is 2.44 bits per heavy atom. The summed E-state index contributed by atoms with van der Waals surface area (Å²) in [6.45, 7) is 3.45. The van der Waals surface area contributed by atoms with Gasteiger partial charge in [0.1, 0.15) is 4.60 Å². The number of aromatic nitrogens is 1. The topological polar surface area (TPSA) is 24.9 Å². The zero-order valence-electron chi connectivity index (χ0n) is 9.71. The minimum Gasteiger partial charge on any atom is -0.361 e. The van der Waals surface area contributed by atoms with E-state index in [1.807, 2.05) is 5.38 Å². The van der Waals surface area contributed by atoms with Gasteiger partial charge in [-0.25, -0.2) is 4.98 Å². The zero-order valence-corrected chi connectivity index (χ0v) is 12.1. The molecule has 2 nitrogen and oxygen atoms in total. The second-order valence-electron chi connectivity index (χ2n) is 4.83. The van der Waals surface area contributed by atoms with Gasteiger partial charge >= 0.3 is 0 Å². The average molecular weight is 303 g/mol. The van der Waals surface area contributed by atoms with Crippen molar-refractivity contribution in [2.45, 2.75) is 39.0 Å². The lowest BCUT2D eigenvalue weighted by molar-refractivity contribution is 0.274. The lowest BCUT2D eigenvalue weighted by Crippen LogP contribution is -2.16. The van der Waals surface area contributed by atoms with Gasteiger partial charge in [-0.1, -0.05) is 26.2 Å². The van der Waals surface area contributed by atoms with E-state index in [4.69, 9.17) is 0 Å². The van der Waals surface area contributed by atoms with E-state index in [-0.39, 0.29) is 0 Å². The van der Waals surface area contributed by atoms with Gasteiger partial charge in [0.2, 0.25) is 0 Å². The maximum absolute atomic E-state index is 4.33. The highest BCUT2D eigenvalue weighted by molar-refractivity contribution is 9.10. The highest BCUT2D eigenvalue weighted by Gasteiger charge is 2.18. The van der Waals surface area contributed by atoms with Crippen molar-refractivity contribution in [2.75, 3.05) is 11.9 Å². The number of hydrogen-bond acceptors (Lipinski definition) is 3. The van der Waals surface area contributed by atoms with Crippen LogP contribution in [0.4, 0.5) is 5.13 Å². The van der Waals surface area contributed by atoms with Crippen LogP contribution in [0.1, 0.15) is 39.0 Å². The van der Waals surface area contributed by atoms with Crippen LogP contribution in [-0.4, -0.2) is 11.5 Å². The van der Waals surface area contributed by atoms with E-state index in [1.165, 1.54) is 32.1 Å². The van der Waals surface area contributed by atoms with Gasteiger partial charge in [0.15, 0.2) is 5.13 Å². The highest BCUT2D eigenvalue weighted by atomic mass is 79.9. The smallest absolute Gasteiger partial charge is 0.183 e. The van der Waals surface area contributed by atoms with Gasteiger partial charge in [-0.15, -0.1) is 11.3 Å². The molecule has 1 aliphatic rings. The van der Waals surface area contributed by atoms with E-state index >= 15 is 0 Å². The fourth-order valence-electron chi connectivity index (χ4n) is 2.54. The number of rotatable bonds is 4. The Morgan fingerprint density at radius 3 is 3.12 bits per heavy atom. The molecule has 4 heteroatoms. The van der Waals surface area contributed by atoms with Crippen LogP contribution in [0.3, 0.4) is 0 Å². The van der Waals surface area contributed by atoms with E-state index in [0.29, 0.717) is 0 Å². The van der Waals surface area contributed by atoms with Crippen molar-refractivity contribution < 1.29 is 0 Å². The van der Waals surface area contributed by atoms with Crippen molar-refractivity contribution in [3.8, 4) is 0 Å². The lowest BCUT2D eigenvalue weighted by Gasteiger charge is -2.26. The van der Waals surface area contributed by atoms with Crippen molar-refractivity contribution in [2.24, 2.45) is 11.8 Å². The van der Waals surface area contributed by atoms with Crippen LogP contribution in [0.25, 0.3) is 0 Å². The standard InChI is InChI=1S/C12H19BrN2S/c1-9-3-2-4-10(7-9)5-6-14-12-15-11(13)8-16-12/h8-10H,2-7H2,1H3,(H,14,15). The third kappa shape index (κ3) is 3.74. The zero-order chi connectivity index (χ0) is 11.4. The second-order valence-corrected chi connectivity index (χ2v) is 6.50. The van der Waals surface area contributed by atoms with Gasteiger partial charge < -0.3 is 5.32 Å². The minimum absolute atomic E-state index is 0.930. The number of halogens is 1. The summed E-state index contributed by atoms with van der Waals surface area (Å²) < 4.78 is 0.936. The first-order valence-corrected chi connectivity index (χ1v) is 7.76. The summed E-state index contributed by atoms with van der Waals surface area (Å²) in [6.07, 6.45) is 7.00. The number of nitrogens with one attached hydrogen (secondary N) is 1. The summed E-state index contributed by atoms with van der Waals surface area (Å²) in [5.41, 5.74) is 0. The Balaban J connectivity index is 1.67. The van der Waals surface area contributed by atoms with Crippen LogP contribution in [-0.2, 0) is 0 Å². The molecule has 0 radical (unpaired) electrons. The predicted molar refractivity (Wildman–Crippen MR) is 74.0 cm³/mol. The molecule has 0 bridgehead atoms. The van der Waals surface area contributed by atoms with Crippen LogP contribution in [0.2, 0.25) is 0 Å². The Kier molecular flexibility index (Phi) is 4.65. The molecule has 1 aromatic rings. The summed E-state index contributed by atoms with van der Waals surface area (Å²) in [7, 11) is 0. The maximum atomic E-state index is 4.33. The lowest BCUT2D eigenvalue weighted by atomic mass is 9.81. The monoisotopic (exact) mass is 302 g/mol. The first-order chi connectivity index (χ1) is 7.74. The minimum atomic E-state index is 0.930. The molecule has 1 aliphatic carbocycles. The number of nitrogens with zero attached hydrogens (tertiary/aromatic N) is 1. The van der Waals surface area contributed by atoms with Crippen LogP contribution in [0.15, 0.2) is 9.98 Å². The SMILES string of the molecule is CC1CCCC(CCNc2nc(Br)cs2)C1. The molecule has 90 valence electrons. The van der Waals surface area contributed by atoms with E-state index < -0.39 is 0 Å². The van der Waals surface area contributed by atoms with Crippen LogP contribution >= 0.6 is 27.3 Å². The summed E-state index contributed by atoms with van der Waals surface area (Å²) in [5.74, 6) is 1.87. The van der Waals surface area contributed by atoms with Gasteiger partial charge in [0.25, 0.3) is 0 Å². The Bertz CT molecular complexity index is 327. The molecule has 2 unspecified atom stereocenters. The van der Waals surface area contributed by atoms with Crippen molar-refractivity contribution in [3.05, 3.63) is 9.98 Å². The van der Waals surface area contributed by atoms with Crippen molar-refractivity contribution in [1.82, 2.24) is 4.98 Å². The van der Waals surface area contributed by atoms with Gasteiger partial charge in [0.05, 0.1) is 0 Å². The molecule has 1 heterocycles. The number of thiazole rings is 1. The predicted octanol–water partition coefficient (Wildman–Crippen LogP) is 4.53. The normalized spacial score (nSPS) is 25.6. The Labute approximate surface area is 110 Å². The molecular formula is C12H19BrN2S. The molecule has 1 aromatic heterocycles. The summed E-state index contributed by atoms with van der Waals surface area (Å²) in [5, 5.41) is 6.46. The third-order valence-corrected chi connectivity index (χ3v) is 4.86.